The zero-order valence-electron chi connectivity index (χ0n) is 9.99. The van der Waals surface area contributed by atoms with Gasteiger partial charge in [-0.1, -0.05) is 0 Å². The van der Waals surface area contributed by atoms with Gasteiger partial charge in [-0.15, -0.1) is 23.7 Å². The van der Waals surface area contributed by atoms with Crippen molar-refractivity contribution >= 4 is 29.7 Å². The molecule has 0 spiro atoms. The van der Waals surface area contributed by atoms with Gasteiger partial charge in [-0.3, -0.25) is 4.79 Å². The molecule has 1 aliphatic rings. The SMILES string of the molecule is Cc1ccc(CNC(=O)CC2CCCN2)s1.Cl. The Morgan fingerprint density at radius 2 is 2.41 bits per heavy atom. The van der Waals surface area contributed by atoms with Crippen LogP contribution in [0.15, 0.2) is 12.1 Å². The summed E-state index contributed by atoms with van der Waals surface area (Å²) in [6.45, 7) is 3.81. The molecule has 0 saturated carbocycles. The van der Waals surface area contributed by atoms with Crippen molar-refractivity contribution in [3.63, 3.8) is 0 Å². The van der Waals surface area contributed by atoms with E-state index in [1.165, 1.54) is 16.2 Å². The Morgan fingerprint density at radius 1 is 1.59 bits per heavy atom. The van der Waals surface area contributed by atoms with E-state index >= 15 is 0 Å². The van der Waals surface area contributed by atoms with E-state index in [1.54, 1.807) is 11.3 Å². The predicted octanol–water partition coefficient (Wildman–Crippen LogP) is 2.24. The maximum absolute atomic E-state index is 11.6. The normalized spacial score (nSPS) is 18.8. The summed E-state index contributed by atoms with van der Waals surface area (Å²) in [7, 11) is 0. The number of halogens is 1. The Balaban J connectivity index is 0.00000144. The number of thiophene rings is 1. The smallest absolute Gasteiger partial charge is 0.221 e. The lowest BCUT2D eigenvalue weighted by molar-refractivity contribution is -0.121. The minimum absolute atomic E-state index is 0. The Kier molecular flexibility index (Phi) is 5.95. The van der Waals surface area contributed by atoms with Gasteiger partial charge in [0.2, 0.25) is 5.91 Å². The van der Waals surface area contributed by atoms with Crippen molar-refractivity contribution < 1.29 is 4.79 Å². The highest BCUT2D eigenvalue weighted by Gasteiger charge is 2.17. The van der Waals surface area contributed by atoms with Crippen molar-refractivity contribution in [3.8, 4) is 0 Å². The van der Waals surface area contributed by atoms with E-state index in [0.29, 0.717) is 19.0 Å². The molecule has 2 heterocycles. The second kappa shape index (κ2) is 6.99. The molecule has 2 N–H and O–H groups in total. The number of nitrogens with one attached hydrogen (secondary N) is 2. The number of carbonyl (C=O) groups is 1. The third-order valence-electron chi connectivity index (χ3n) is 2.85. The highest BCUT2D eigenvalue weighted by molar-refractivity contribution is 7.11. The van der Waals surface area contributed by atoms with E-state index in [2.05, 4.69) is 29.7 Å². The van der Waals surface area contributed by atoms with Gasteiger partial charge >= 0.3 is 0 Å². The molecule has 0 bridgehead atoms. The van der Waals surface area contributed by atoms with Gasteiger partial charge < -0.3 is 10.6 Å². The molecule has 0 radical (unpaired) electrons. The predicted molar refractivity (Wildman–Crippen MR) is 73.8 cm³/mol. The summed E-state index contributed by atoms with van der Waals surface area (Å²) in [6, 6.07) is 4.56. The lowest BCUT2D eigenvalue weighted by Gasteiger charge is -2.09. The van der Waals surface area contributed by atoms with E-state index in [9.17, 15) is 4.79 Å². The van der Waals surface area contributed by atoms with E-state index in [4.69, 9.17) is 0 Å². The van der Waals surface area contributed by atoms with Gasteiger partial charge in [-0.05, 0) is 38.4 Å². The van der Waals surface area contributed by atoms with Crippen LogP contribution in [0.5, 0.6) is 0 Å². The first-order valence-electron chi connectivity index (χ1n) is 5.79. The highest BCUT2D eigenvalue weighted by Crippen LogP contribution is 2.14. The zero-order chi connectivity index (χ0) is 11.4. The Morgan fingerprint density at radius 3 is 3.00 bits per heavy atom. The molecule has 5 heteroatoms. The van der Waals surface area contributed by atoms with Crippen LogP contribution in [0.1, 0.15) is 29.0 Å². The maximum Gasteiger partial charge on any atom is 0.221 e. The van der Waals surface area contributed by atoms with E-state index in [0.717, 1.165) is 13.0 Å². The summed E-state index contributed by atoms with van der Waals surface area (Å²) in [6.07, 6.45) is 2.94. The molecule has 2 rings (SSSR count). The highest BCUT2D eigenvalue weighted by atomic mass is 35.5. The summed E-state index contributed by atoms with van der Waals surface area (Å²) in [5, 5.41) is 6.30. The van der Waals surface area contributed by atoms with Gasteiger partial charge in [0.15, 0.2) is 0 Å². The van der Waals surface area contributed by atoms with Crippen molar-refractivity contribution in [1.29, 1.82) is 0 Å². The summed E-state index contributed by atoms with van der Waals surface area (Å²) < 4.78 is 0. The lowest BCUT2D eigenvalue weighted by Crippen LogP contribution is -2.31. The fraction of sp³-hybridized carbons (Fsp3) is 0.583. The standard InChI is InChI=1S/C12H18N2OS.ClH/c1-9-4-5-11(16-9)8-14-12(15)7-10-3-2-6-13-10;/h4-5,10,13H,2-3,6-8H2,1H3,(H,14,15);1H. The van der Waals surface area contributed by atoms with Gasteiger partial charge in [0.25, 0.3) is 0 Å². The quantitative estimate of drug-likeness (QED) is 0.884. The van der Waals surface area contributed by atoms with Crippen molar-refractivity contribution in [3.05, 3.63) is 21.9 Å². The summed E-state index contributed by atoms with van der Waals surface area (Å²) in [5.41, 5.74) is 0. The molecule has 96 valence electrons. The molecule has 1 aromatic rings. The first-order chi connectivity index (χ1) is 7.74. The monoisotopic (exact) mass is 274 g/mol. The zero-order valence-corrected chi connectivity index (χ0v) is 11.6. The largest absolute Gasteiger partial charge is 0.351 e. The first kappa shape index (κ1) is 14.5. The fourth-order valence-corrected chi connectivity index (χ4v) is 2.82. The molecule has 1 saturated heterocycles. The van der Waals surface area contributed by atoms with Gasteiger partial charge in [-0.2, -0.15) is 0 Å². The molecule has 3 nitrogen and oxygen atoms in total. The lowest BCUT2D eigenvalue weighted by atomic mass is 10.1. The van der Waals surface area contributed by atoms with Gasteiger partial charge in [0.05, 0.1) is 6.54 Å². The van der Waals surface area contributed by atoms with Crippen LogP contribution in [0.2, 0.25) is 0 Å². The second-order valence-corrected chi connectivity index (χ2v) is 5.66. The van der Waals surface area contributed by atoms with Gasteiger partial charge in [0.1, 0.15) is 0 Å². The fourth-order valence-electron chi connectivity index (χ4n) is 1.99. The molecule has 1 unspecified atom stereocenters. The van der Waals surface area contributed by atoms with Crippen LogP contribution in [0.3, 0.4) is 0 Å². The second-order valence-electron chi connectivity index (χ2n) is 4.29. The molecule has 1 aliphatic heterocycles. The average Bonchev–Trinajstić information content (AvgIpc) is 2.87. The number of amides is 1. The maximum atomic E-state index is 11.6. The molecule has 1 fully saturated rings. The summed E-state index contributed by atoms with van der Waals surface area (Å²) >= 11 is 1.74. The molecular weight excluding hydrogens is 256 g/mol. The third kappa shape index (κ3) is 4.66. The van der Waals surface area contributed by atoms with E-state index in [-0.39, 0.29) is 18.3 Å². The van der Waals surface area contributed by atoms with Crippen LogP contribution in [0.25, 0.3) is 0 Å². The van der Waals surface area contributed by atoms with Crippen LogP contribution in [-0.4, -0.2) is 18.5 Å². The summed E-state index contributed by atoms with van der Waals surface area (Å²) in [4.78, 5) is 14.2. The van der Waals surface area contributed by atoms with Crippen molar-refractivity contribution in [2.24, 2.45) is 0 Å². The van der Waals surface area contributed by atoms with Crippen LogP contribution in [0, 0.1) is 6.92 Å². The summed E-state index contributed by atoms with van der Waals surface area (Å²) in [5.74, 6) is 0.158. The number of carbonyl (C=O) groups excluding carboxylic acids is 1. The Bertz CT molecular complexity index is 361. The first-order valence-corrected chi connectivity index (χ1v) is 6.61. The molecule has 0 aromatic carbocycles. The van der Waals surface area contributed by atoms with E-state index in [1.807, 2.05) is 0 Å². The van der Waals surface area contributed by atoms with Crippen molar-refractivity contribution in [1.82, 2.24) is 10.6 Å². The minimum Gasteiger partial charge on any atom is -0.351 e. The molecule has 1 atom stereocenters. The number of hydrogen-bond acceptors (Lipinski definition) is 3. The molecule has 17 heavy (non-hydrogen) atoms. The van der Waals surface area contributed by atoms with Crippen LogP contribution in [0.4, 0.5) is 0 Å². The van der Waals surface area contributed by atoms with Gasteiger partial charge in [0, 0.05) is 22.2 Å². The average molecular weight is 275 g/mol. The number of hydrogen-bond donors (Lipinski definition) is 2. The number of rotatable bonds is 4. The molecule has 1 aromatic heterocycles. The van der Waals surface area contributed by atoms with Crippen molar-refractivity contribution in [2.75, 3.05) is 6.54 Å². The topological polar surface area (TPSA) is 41.1 Å². The Hall–Kier alpha value is -0.580. The minimum atomic E-state index is 0. The van der Waals surface area contributed by atoms with Crippen LogP contribution in [-0.2, 0) is 11.3 Å². The van der Waals surface area contributed by atoms with Gasteiger partial charge in [-0.25, -0.2) is 0 Å². The van der Waals surface area contributed by atoms with Crippen LogP contribution < -0.4 is 10.6 Å². The third-order valence-corrected chi connectivity index (χ3v) is 3.85. The number of aryl methyl sites for hydroxylation is 1. The Labute approximate surface area is 112 Å². The van der Waals surface area contributed by atoms with Crippen molar-refractivity contribution in [2.45, 2.75) is 38.8 Å². The van der Waals surface area contributed by atoms with Crippen LogP contribution >= 0.6 is 23.7 Å². The molecule has 1 amide bonds. The molecular formula is C12H19ClN2OS. The van der Waals surface area contributed by atoms with E-state index < -0.39 is 0 Å². The molecule has 0 aliphatic carbocycles.